The Labute approximate surface area is 120 Å². The summed E-state index contributed by atoms with van der Waals surface area (Å²) in [7, 11) is 0. The number of carboxylic acids is 1. The number of thiophene rings is 1. The topological polar surface area (TPSA) is 66.4 Å². The molecule has 2 N–H and O–H groups in total. The van der Waals surface area contributed by atoms with Crippen LogP contribution in [0.2, 0.25) is 0 Å². The van der Waals surface area contributed by atoms with Crippen LogP contribution >= 0.6 is 27.3 Å². The first-order valence-electron chi connectivity index (χ1n) is 5.07. The van der Waals surface area contributed by atoms with Crippen molar-refractivity contribution >= 4 is 44.8 Å². The van der Waals surface area contributed by atoms with Gasteiger partial charge in [0.1, 0.15) is 10.7 Å². The van der Waals surface area contributed by atoms with Crippen molar-refractivity contribution in [1.29, 1.82) is 0 Å². The van der Waals surface area contributed by atoms with Crippen molar-refractivity contribution in [3.8, 4) is 0 Å². The van der Waals surface area contributed by atoms with Gasteiger partial charge in [0.25, 0.3) is 5.91 Å². The first-order chi connectivity index (χ1) is 8.97. The van der Waals surface area contributed by atoms with Gasteiger partial charge in [-0.1, -0.05) is 0 Å². The summed E-state index contributed by atoms with van der Waals surface area (Å²) in [5, 5.41) is 11.3. The van der Waals surface area contributed by atoms with Gasteiger partial charge in [0.05, 0.1) is 9.35 Å². The standard InChI is InChI=1S/C12H7BrFNO3S/c13-7-2-1-6(5-8(7)14)15-11(16)9-3-4-10(19-9)12(17)18/h1-5H,(H,15,16)(H,17,18). The number of nitrogens with one attached hydrogen (secondary N) is 1. The van der Waals surface area contributed by atoms with E-state index < -0.39 is 17.7 Å². The average molecular weight is 344 g/mol. The van der Waals surface area contributed by atoms with Crippen molar-refractivity contribution in [1.82, 2.24) is 0 Å². The highest BCUT2D eigenvalue weighted by molar-refractivity contribution is 9.10. The lowest BCUT2D eigenvalue weighted by molar-refractivity contribution is 0.0702. The van der Waals surface area contributed by atoms with Crippen LogP contribution in [0.5, 0.6) is 0 Å². The molecule has 0 radical (unpaired) electrons. The van der Waals surface area contributed by atoms with Gasteiger partial charge in [-0.3, -0.25) is 4.79 Å². The van der Waals surface area contributed by atoms with Gasteiger partial charge >= 0.3 is 5.97 Å². The van der Waals surface area contributed by atoms with E-state index in [1.165, 1.54) is 30.3 Å². The molecule has 0 atom stereocenters. The van der Waals surface area contributed by atoms with Crippen molar-refractivity contribution in [2.45, 2.75) is 0 Å². The lowest BCUT2D eigenvalue weighted by atomic mass is 10.3. The first-order valence-corrected chi connectivity index (χ1v) is 6.68. The molecule has 1 aromatic carbocycles. The molecule has 0 bridgehead atoms. The third-order valence-electron chi connectivity index (χ3n) is 2.22. The van der Waals surface area contributed by atoms with Crippen molar-refractivity contribution in [2.75, 3.05) is 5.32 Å². The third-order valence-corrected chi connectivity index (χ3v) is 3.93. The molecule has 1 aromatic heterocycles. The highest BCUT2D eigenvalue weighted by atomic mass is 79.9. The normalized spacial score (nSPS) is 10.2. The van der Waals surface area contributed by atoms with Crippen molar-refractivity contribution < 1.29 is 19.1 Å². The summed E-state index contributed by atoms with van der Waals surface area (Å²) in [6, 6.07) is 6.95. The lowest BCUT2D eigenvalue weighted by Crippen LogP contribution is -2.10. The summed E-state index contributed by atoms with van der Waals surface area (Å²) in [6.45, 7) is 0. The SMILES string of the molecule is O=C(O)c1ccc(C(=O)Nc2ccc(Br)c(F)c2)s1. The van der Waals surface area contributed by atoms with Gasteiger partial charge < -0.3 is 10.4 Å². The number of benzene rings is 1. The fourth-order valence-corrected chi connectivity index (χ4v) is 2.33. The van der Waals surface area contributed by atoms with Gasteiger partial charge in [0, 0.05) is 5.69 Å². The number of anilines is 1. The van der Waals surface area contributed by atoms with Gasteiger partial charge in [-0.15, -0.1) is 11.3 Å². The van der Waals surface area contributed by atoms with E-state index in [0.717, 1.165) is 11.3 Å². The van der Waals surface area contributed by atoms with E-state index in [4.69, 9.17) is 5.11 Å². The molecule has 0 saturated carbocycles. The van der Waals surface area contributed by atoms with E-state index in [1.807, 2.05) is 0 Å². The van der Waals surface area contributed by atoms with E-state index in [1.54, 1.807) is 0 Å². The minimum absolute atomic E-state index is 0.0761. The summed E-state index contributed by atoms with van der Waals surface area (Å²) < 4.78 is 13.6. The number of carboxylic acid groups (broad SMARTS) is 1. The zero-order chi connectivity index (χ0) is 14.0. The van der Waals surface area contributed by atoms with Crippen LogP contribution in [0.15, 0.2) is 34.8 Å². The molecule has 0 spiro atoms. The van der Waals surface area contributed by atoms with E-state index in [9.17, 15) is 14.0 Å². The summed E-state index contributed by atoms with van der Waals surface area (Å²) in [5.41, 5.74) is 0.302. The maximum Gasteiger partial charge on any atom is 0.345 e. The predicted molar refractivity (Wildman–Crippen MR) is 73.3 cm³/mol. The second-order valence-corrected chi connectivity index (χ2v) is 5.49. The van der Waals surface area contributed by atoms with Gasteiger partial charge in [0.15, 0.2) is 0 Å². The van der Waals surface area contributed by atoms with Gasteiger partial charge in [-0.05, 0) is 46.3 Å². The van der Waals surface area contributed by atoms with Crippen LogP contribution in [0.4, 0.5) is 10.1 Å². The minimum Gasteiger partial charge on any atom is -0.477 e. The molecule has 1 amide bonds. The molecule has 1 heterocycles. The van der Waals surface area contributed by atoms with Crippen LogP contribution in [-0.2, 0) is 0 Å². The van der Waals surface area contributed by atoms with E-state index in [0.29, 0.717) is 10.2 Å². The number of carbonyl (C=O) groups is 2. The van der Waals surface area contributed by atoms with E-state index in [2.05, 4.69) is 21.2 Å². The second-order valence-electron chi connectivity index (χ2n) is 3.55. The summed E-state index contributed by atoms with van der Waals surface area (Å²) in [5.74, 6) is -2.05. The van der Waals surface area contributed by atoms with Crippen LogP contribution in [0.1, 0.15) is 19.3 Å². The molecular weight excluding hydrogens is 337 g/mol. The van der Waals surface area contributed by atoms with Crippen molar-refractivity contribution in [3.63, 3.8) is 0 Å². The summed E-state index contributed by atoms with van der Waals surface area (Å²) in [6.07, 6.45) is 0. The Hall–Kier alpha value is -1.73. The zero-order valence-electron chi connectivity index (χ0n) is 9.31. The molecule has 0 aliphatic carbocycles. The molecule has 4 nitrogen and oxygen atoms in total. The third kappa shape index (κ3) is 3.18. The Morgan fingerprint density at radius 3 is 2.47 bits per heavy atom. The fraction of sp³-hybridized carbons (Fsp3) is 0. The summed E-state index contributed by atoms with van der Waals surface area (Å²) >= 11 is 3.87. The number of hydrogen-bond donors (Lipinski definition) is 2. The smallest absolute Gasteiger partial charge is 0.345 e. The Bertz CT molecular complexity index is 656. The quantitative estimate of drug-likeness (QED) is 0.894. The number of aromatic carboxylic acids is 1. The first kappa shape index (κ1) is 13.7. The van der Waals surface area contributed by atoms with E-state index in [-0.39, 0.29) is 9.75 Å². The Balaban J connectivity index is 2.15. The lowest BCUT2D eigenvalue weighted by Gasteiger charge is -2.04. The highest BCUT2D eigenvalue weighted by Gasteiger charge is 2.13. The molecule has 2 aromatic rings. The Morgan fingerprint density at radius 2 is 1.89 bits per heavy atom. The number of hydrogen-bond acceptors (Lipinski definition) is 3. The van der Waals surface area contributed by atoms with Crippen LogP contribution in [0.3, 0.4) is 0 Å². The average Bonchev–Trinajstić information content (AvgIpc) is 2.83. The molecule has 98 valence electrons. The van der Waals surface area contributed by atoms with Gasteiger partial charge in [-0.2, -0.15) is 0 Å². The van der Waals surface area contributed by atoms with Crippen molar-refractivity contribution in [2.24, 2.45) is 0 Å². The zero-order valence-corrected chi connectivity index (χ0v) is 11.7. The minimum atomic E-state index is -1.08. The molecule has 0 saturated heterocycles. The molecule has 19 heavy (non-hydrogen) atoms. The van der Waals surface area contributed by atoms with Gasteiger partial charge in [-0.25, -0.2) is 9.18 Å². The van der Waals surface area contributed by atoms with Crippen LogP contribution in [-0.4, -0.2) is 17.0 Å². The molecule has 7 heteroatoms. The number of carbonyl (C=O) groups excluding carboxylic acids is 1. The summed E-state index contributed by atoms with van der Waals surface area (Å²) in [4.78, 5) is 22.8. The molecule has 0 aliphatic rings. The molecule has 0 aliphatic heterocycles. The van der Waals surface area contributed by atoms with Crippen LogP contribution in [0.25, 0.3) is 0 Å². The second kappa shape index (κ2) is 5.50. The monoisotopic (exact) mass is 343 g/mol. The van der Waals surface area contributed by atoms with Crippen LogP contribution < -0.4 is 5.32 Å². The molecule has 0 fully saturated rings. The van der Waals surface area contributed by atoms with Crippen molar-refractivity contribution in [3.05, 3.63) is 50.4 Å². The molecular formula is C12H7BrFNO3S. The Morgan fingerprint density at radius 1 is 1.21 bits per heavy atom. The molecule has 2 rings (SSSR count). The maximum atomic E-state index is 13.3. The van der Waals surface area contributed by atoms with Gasteiger partial charge in [0.2, 0.25) is 0 Å². The maximum absolute atomic E-state index is 13.3. The largest absolute Gasteiger partial charge is 0.477 e. The number of rotatable bonds is 3. The Kier molecular flexibility index (Phi) is 3.96. The fourth-order valence-electron chi connectivity index (χ4n) is 1.34. The highest BCUT2D eigenvalue weighted by Crippen LogP contribution is 2.21. The van der Waals surface area contributed by atoms with E-state index >= 15 is 0 Å². The predicted octanol–water partition coefficient (Wildman–Crippen LogP) is 3.60. The number of amides is 1. The van der Waals surface area contributed by atoms with Crippen LogP contribution in [0, 0.1) is 5.82 Å². The number of halogens is 2. The molecule has 0 unspecified atom stereocenters.